The molecule has 0 atom stereocenters. The fourth-order valence-corrected chi connectivity index (χ4v) is 2.05. The van der Waals surface area contributed by atoms with Crippen molar-refractivity contribution < 1.29 is 4.79 Å². The quantitative estimate of drug-likeness (QED) is 0.755. The number of imidazole rings is 1. The minimum Gasteiger partial charge on any atom is -0.351 e. The fraction of sp³-hybridized carbons (Fsp3) is 0.273. The van der Waals surface area contributed by atoms with Crippen LogP contribution in [0.1, 0.15) is 19.4 Å². The van der Waals surface area contributed by atoms with Gasteiger partial charge in [-0.3, -0.25) is 5.32 Å². The molecule has 2 rings (SSSR count). The summed E-state index contributed by atoms with van der Waals surface area (Å²) in [4.78, 5) is 17.8. The summed E-state index contributed by atoms with van der Waals surface area (Å²) in [5.74, 6) is 0.351. The Morgan fingerprint density at radius 3 is 2.71 bits per heavy atom. The highest BCUT2D eigenvalue weighted by molar-refractivity contribution is 9.10. The molecule has 0 bridgehead atoms. The van der Waals surface area contributed by atoms with Gasteiger partial charge in [0.25, 0.3) is 0 Å². The van der Waals surface area contributed by atoms with Crippen LogP contribution in [0, 0.1) is 6.92 Å². The van der Waals surface area contributed by atoms with Gasteiger partial charge in [0.1, 0.15) is 5.52 Å². The Kier molecular flexibility index (Phi) is 4.51. The molecule has 1 heterocycles. The van der Waals surface area contributed by atoms with E-state index in [1.807, 2.05) is 32.9 Å². The summed E-state index contributed by atoms with van der Waals surface area (Å²) >= 11 is 3.40. The van der Waals surface area contributed by atoms with Crippen LogP contribution >= 0.6 is 15.9 Å². The topological polar surface area (TPSA) is 83.8 Å². The standard InChI is InChI=1S/C9H9BrN4O.C2H6/c1-4-2-5(10)7-6(3-4)12-9(13-7)14-8(11)15;1-2/h2-3H,1H3,(H4,11,12,13,14,15);1-2H3. The number of aromatic amines is 1. The van der Waals surface area contributed by atoms with Crippen molar-refractivity contribution in [1.82, 2.24) is 9.97 Å². The molecule has 4 N–H and O–H groups in total. The average Bonchev–Trinajstić information content (AvgIpc) is 2.62. The number of anilines is 1. The number of H-pyrrole nitrogens is 1. The van der Waals surface area contributed by atoms with Gasteiger partial charge in [0.2, 0.25) is 5.95 Å². The Morgan fingerprint density at radius 2 is 2.12 bits per heavy atom. The van der Waals surface area contributed by atoms with E-state index < -0.39 is 6.03 Å². The predicted octanol–water partition coefficient (Wildman–Crippen LogP) is 3.15. The van der Waals surface area contributed by atoms with Crippen LogP contribution < -0.4 is 11.1 Å². The maximum absolute atomic E-state index is 10.6. The number of hydrogen-bond acceptors (Lipinski definition) is 2. The van der Waals surface area contributed by atoms with Crippen molar-refractivity contribution in [2.75, 3.05) is 5.32 Å². The Morgan fingerprint density at radius 1 is 1.47 bits per heavy atom. The third-order valence-corrected chi connectivity index (χ3v) is 2.53. The number of benzene rings is 1. The zero-order chi connectivity index (χ0) is 13.0. The number of carbonyl (C=O) groups is 1. The molecule has 5 nitrogen and oxygen atoms in total. The van der Waals surface area contributed by atoms with Crippen LogP contribution in [0.4, 0.5) is 10.7 Å². The first-order valence-electron chi connectivity index (χ1n) is 5.28. The van der Waals surface area contributed by atoms with E-state index >= 15 is 0 Å². The number of aryl methyl sites for hydroxylation is 1. The zero-order valence-electron chi connectivity index (χ0n) is 9.97. The molecule has 17 heavy (non-hydrogen) atoms. The first kappa shape index (κ1) is 13.5. The molecule has 0 unspecified atom stereocenters. The van der Waals surface area contributed by atoms with E-state index in [0.29, 0.717) is 5.95 Å². The second-order valence-corrected chi connectivity index (χ2v) is 4.07. The summed E-state index contributed by atoms with van der Waals surface area (Å²) in [5.41, 5.74) is 7.71. The van der Waals surface area contributed by atoms with Gasteiger partial charge in [0, 0.05) is 4.47 Å². The number of primary amides is 1. The van der Waals surface area contributed by atoms with Crippen molar-refractivity contribution in [2.24, 2.45) is 5.73 Å². The first-order valence-corrected chi connectivity index (χ1v) is 6.08. The van der Waals surface area contributed by atoms with Gasteiger partial charge in [-0.1, -0.05) is 13.8 Å². The van der Waals surface area contributed by atoms with Gasteiger partial charge in [-0.15, -0.1) is 0 Å². The van der Waals surface area contributed by atoms with Gasteiger partial charge in [0.15, 0.2) is 0 Å². The molecule has 0 aliphatic rings. The lowest BCUT2D eigenvalue weighted by molar-refractivity contribution is 0.259. The highest BCUT2D eigenvalue weighted by atomic mass is 79.9. The third kappa shape index (κ3) is 3.20. The summed E-state index contributed by atoms with van der Waals surface area (Å²) in [6.45, 7) is 5.98. The molecule has 6 heteroatoms. The molecule has 0 fully saturated rings. The molecular formula is C11H15BrN4O. The maximum Gasteiger partial charge on any atom is 0.318 e. The molecule has 2 amide bonds. The molecule has 0 spiro atoms. The minimum atomic E-state index is -0.637. The van der Waals surface area contributed by atoms with Crippen LogP contribution in [0.25, 0.3) is 11.0 Å². The van der Waals surface area contributed by atoms with Gasteiger partial charge >= 0.3 is 6.03 Å². The fourth-order valence-electron chi connectivity index (χ4n) is 1.39. The maximum atomic E-state index is 10.6. The second kappa shape index (κ2) is 5.67. The number of nitrogens with zero attached hydrogens (tertiary/aromatic N) is 1. The SMILES string of the molecule is CC.Cc1cc(Br)c2nc(NC(N)=O)[nH]c2c1. The first-order chi connectivity index (χ1) is 8.06. The summed E-state index contributed by atoms with van der Waals surface area (Å²) in [6, 6.07) is 3.26. The number of aromatic nitrogens is 2. The number of fused-ring (bicyclic) bond motifs is 1. The zero-order valence-corrected chi connectivity index (χ0v) is 11.6. The van der Waals surface area contributed by atoms with Crippen LogP contribution in [-0.4, -0.2) is 16.0 Å². The van der Waals surface area contributed by atoms with Crippen molar-refractivity contribution >= 4 is 38.9 Å². The normalized spacial score (nSPS) is 9.65. The predicted molar refractivity (Wildman–Crippen MR) is 73.1 cm³/mol. The monoisotopic (exact) mass is 298 g/mol. The lowest BCUT2D eigenvalue weighted by atomic mass is 10.2. The Hall–Kier alpha value is -1.56. The van der Waals surface area contributed by atoms with E-state index in [1.165, 1.54) is 0 Å². The van der Waals surface area contributed by atoms with Crippen LogP contribution in [0.15, 0.2) is 16.6 Å². The molecule has 1 aromatic heterocycles. The molecule has 0 saturated heterocycles. The van der Waals surface area contributed by atoms with Gasteiger partial charge < -0.3 is 10.7 Å². The number of rotatable bonds is 1. The molecular weight excluding hydrogens is 284 g/mol. The number of nitrogens with two attached hydrogens (primary N) is 1. The van der Waals surface area contributed by atoms with E-state index in [9.17, 15) is 4.79 Å². The number of nitrogens with one attached hydrogen (secondary N) is 2. The van der Waals surface area contributed by atoms with Crippen LogP contribution in [0.3, 0.4) is 0 Å². The molecule has 1 aromatic carbocycles. The number of halogens is 1. The summed E-state index contributed by atoms with van der Waals surface area (Å²) in [6.07, 6.45) is 0. The van der Waals surface area contributed by atoms with Gasteiger partial charge in [-0.05, 0) is 40.5 Å². The Bertz CT molecular complexity index is 535. The van der Waals surface area contributed by atoms with Crippen molar-refractivity contribution in [3.05, 3.63) is 22.2 Å². The highest BCUT2D eigenvalue weighted by Crippen LogP contribution is 2.24. The lowest BCUT2D eigenvalue weighted by Crippen LogP contribution is -2.19. The Balaban J connectivity index is 0.000000686. The molecule has 2 aromatic rings. The summed E-state index contributed by atoms with van der Waals surface area (Å²) < 4.78 is 0.881. The molecule has 0 aliphatic heterocycles. The van der Waals surface area contributed by atoms with Crippen molar-refractivity contribution in [1.29, 1.82) is 0 Å². The number of urea groups is 1. The summed E-state index contributed by atoms with van der Waals surface area (Å²) in [5, 5.41) is 2.39. The lowest BCUT2D eigenvalue weighted by Gasteiger charge is -1.94. The Labute approximate surface area is 108 Å². The minimum absolute atomic E-state index is 0.351. The largest absolute Gasteiger partial charge is 0.351 e. The number of carbonyl (C=O) groups excluding carboxylic acids is 1. The van der Waals surface area contributed by atoms with Crippen LogP contribution in [0.5, 0.6) is 0 Å². The van der Waals surface area contributed by atoms with E-state index in [0.717, 1.165) is 21.1 Å². The number of amides is 2. The van der Waals surface area contributed by atoms with Crippen LogP contribution in [-0.2, 0) is 0 Å². The number of hydrogen-bond donors (Lipinski definition) is 3. The molecule has 0 radical (unpaired) electrons. The average molecular weight is 299 g/mol. The molecule has 0 saturated carbocycles. The molecule has 92 valence electrons. The van der Waals surface area contributed by atoms with E-state index in [1.54, 1.807) is 0 Å². The third-order valence-electron chi connectivity index (χ3n) is 1.93. The van der Waals surface area contributed by atoms with E-state index in [-0.39, 0.29) is 0 Å². The van der Waals surface area contributed by atoms with E-state index in [2.05, 4.69) is 31.2 Å². The van der Waals surface area contributed by atoms with Crippen molar-refractivity contribution in [3.63, 3.8) is 0 Å². The molecule has 0 aliphatic carbocycles. The smallest absolute Gasteiger partial charge is 0.318 e. The summed E-state index contributed by atoms with van der Waals surface area (Å²) in [7, 11) is 0. The van der Waals surface area contributed by atoms with Gasteiger partial charge in [-0.25, -0.2) is 9.78 Å². The highest BCUT2D eigenvalue weighted by Gasteiger charge is 2.07. The van der Waals surface area contributed by atoms with Crippen LogP contribution in [0.2, 0.25) is 0 Å². The van der Waals surface area contributed by atoms with Gasteiger partial charge in [0.05, 0.1) is 5.52 Å². The van der Waals surface area contributed by atoms with Crippen molar-refractivity contribution in [3.8, 4) is 0 Å². The second-order valence-electron chi connectivity index (χ2n) is 3.22. The van der Waals surface area contributed by atoms with Gasteiger partial charge in [-0.2, -0.15) is 0 Å². The van der Waals surface area contributed by atoms with E-state index in [4.69, 9.17) is 5.73 Å². The van der Waals surface area contributed by atoms with Crippen molar-refractivity contribution in [2.45, 2.75) is 20.8 Å².